The third-order valence-corrected chi connectivity index (χ3v) is 6.42. The SMILES string of the molecule is CC12CC1N(C(C)(C)C)[C@H](C(C)(C)C)C2CN1CCNCC1. The lowest BCUT2D eigenvalue weighted by Crippen LogP contribution is -2.56. The van der Waals surface area contributed by atoms with Crippen molar-refractivity contribution in [1.82, 2.24) is 15.1 Å². The van der Waals surface area contributed by atoms with Crippen LogP contribution in [0.25, 0.3) is 0 Å². The van der Waals surface area contributed by atoms with Crippen LogP contribution in [0.4, 0.5) is 0 Å². The van der Waals surface area contributed by atoms with Gasteiger partial charge in [-0.3, -0.25) is 4.90 Å². The summed E-state index contributed by atoms with van der Waals surface area (Å²) in [7, 11) is 0. The summed E-state index contributed by atoms with van der Waals surface area (Å²) >= 11 is 0. The third-order valence-electron chi connectivity index (χ3n) is 6.42. The third kappa shape index (κ3) is 2.74. The standard InChI is InChI=1S/C19H37N3/c1-17(2,3)16-14(13-21-10-8-20-9-11-21)19(7)12-15(19)22(16)18(4,5)6/h14-16,20H,8-13H2,1-7H3/t14?,15?,16-,19?/m0/s1. The summed E-state index contributed by atoms with van der Waals surface area (Å²) in [5, 5.41) is 3.49. The number of rotatable bonds is 2. The van der Waals surface area contributed by atoms with Gasteiger partial charge >= 0.3 is 0 Å². The van der Waals surface area contributed by atoms with Gasteiger partial charge in [-0.05, 0) is 43.9 Å². The van der Waals surface area contributed by atoms with Gasteiger partial charge in [-0.1, -0.05) is 27.7 Å². The van der Waals surface area contributed by atoms with Crippen LogP contribution in [0.1, 0.15) is 54.9 Å². The molecule has 2 saturated heterocycles. The molecule has 0 bridgehead atoms. The van der Waals surface area contributed by atoms with E-state index in [1.54, 1.807) is 0 Å². The highest BCUT2D eigenvalue weighted by Crippen LogP contribution is 2.66. The second kappa shape index (κ2) is 5.19. The van der Waals surface area contributed by atoms with E-state index in [4.69, 9.17) is 0 Å². The summed E-state index contributed by atoms with van der Waals surface area (Å²) in [6, 6.07) is 1.51. The van der Waals surface area contributed by atoms with Crippen LogP contribution in [0.5, 0.6) is 0 Å². The molecule has 2 aliphatic heterocycles. The maximum atomic E-state index is 3.49. The van der Waals surface area contributed by atoms with E-state index < -0.39 is 0 Å². The predicted molar refractivity (Wildman–Crippen MR) is 94.1 cm³/mol. The van der Waals surface area contributed by atoms with Crippen molar-refractivity contribution in [2.75, 3.05) is 32.7 Å². The zero-order valence-corrected chi connectivity index (χ0v) is 15.9. The summed E-state index contributed by atoms with van der Waals surface area (Å²) in [5.41, 5.74) is 1.18. The molecule has 1 N–H and O–H groups in total. The Labute approximate surface area is 137 Å². The van der Waals surface area contributed by atoms with Gasteiger partial charge < -0.3 is 10.2 Å². The smallest absolute Gasteiger partial charge is 0.0198 e. The van der Waals surface area contributed by atoms with E-state index in [0.717, 1.165) is 25.0 Å². The van der Waals surface area contributed by atoms with Crippen molar-refractivity contribution in [1.29, 1.82) is 0 Å². The monoisotopic (exact) mass is 307 g/mol. The van der Waals surface area contributed by atoms with Gasteiger partial charge in [-0.2, -0.15) is 0 Å². The van der Waals surface area contributed by atoms with Gasteiger partial charge in [0.05, 0.1) is 0 Å². The Bertz CT molecular complexity index is 413. The Morgan fingerprint density at radius 1 is 1.05 bits per heavy atom. The highest BCUT2D eigenvalue weighted by molar-refractivity contribution is 5.23. The van der Waals surface area contributed by atoms with E-state index in [9.17, 15) is 0 Å². The molecule has 4 atom stereocenters. The average molecular weight is 308 g/mol. The van der Waals surface area contributed by atoms with Crippen molar-refractivity contribution in [3.05, 3.63) is 0 Å². The number of hydrogen-bond donors (Lipinski definition) is 1. The molecule has 1 saturated carbocycles. The van der Waals surface area contributed by atoms with Crippen LogP contribution in [0.3, 0.4) is 0 Å². The molecule has 3 aliphatic rings. The van der Waals surface area contributed by atoms with Crippen molar-refractivity contribution in [3.63, 3.8) is 0 Å². The average Bonchev–Trinajstić information content (AvgIpc) is 2.97. The van der Waals surface area contributed by atoms with Crippen LogP contribution in [-0.2, 0) is 0 Å². The Hall–Kier alpha value is -0.120. The number of piperazine rings is 1. The van der Waals surface area contributed by atoms with Gasteiger partial charge in [0.15, 0.2) is 0 Å². The lowest BCUT2D eigenvalue weighted by molar-refractivity contribution is 0.00273. The van der Waals surface area contributed by atoms with E-state index in [0.29, 0.717) is 16.9 Å². The van der Waals surface area contributed by atoms with Gasteiger partial charge in [0.1, 0.15) is 0 Å². The maximum absolute atomic E-state index is 3.49. The number of hydrogen-bond acceptors (Lipinski definition) is 3. The number of nitrogens with zero attached hydrogens (tertiary/aromatic N) is 2. The first-order valence-electron chi connectivity index (χ1n) is 9.27. The molecule has 22 heavy (non-hydrogen) atoms. The first kappa shape index (κ1) is 16.7. The predicted octanol–water partition coefficient (Wildman–Crippen LogP) is 2.82. The van der Waals surface area contributed by atoms with E-state index in [1.807, 2.05) is 0 Å². The Morgan fingerprint density at radius 3 is 2.14 bits per heavy atom. The van der Waals surface area contributed by atoms with Gasteiger partial charge in [-0.25, -0.2) is 0 Å². The van der Waals surface area contributed by atoms with E-state index in [-0.39, 0.29) is 5.54 Å². The molecule has 3 fully saturated rings. The fourth-order valence-electron chi connectivity index (χ4n) is 5.31. The van der Waals surface area contributed by atoms with Crippen LogP contribution >= 0.6 is 0 Å². The largest absolute Gasteiger partial charge is 0.314 e. The summed E-state index contributed by atoms with van der Waals surface area (Å²) < 4.78 is 0. The van der Waals surface area contributed by atoms with Crippen molar-refractivity contribution in [3.8, 4) is 0 Å². The Kier molecular flexibility index (Phi) is 3.95. The maximum Gasteiger partial charge on any atom is 0.0198 e. The minimum absolute atomic E-state index is 0.276. The first-order valence-corrected chi connectivity index (χ1v) is 9.27. The van der Waals surface area contributed by atoms with E-state index in [2.05, 4.69) is 63.6 Å². The van der Waals surface area contributed by atoms with Crippen LogP contribution < -0.4 is 5.32 Å². The van der Waals surface area contributed by atoms with Crippen molar-refractivity contribution >= 4 is 0 Å². The highest BCUT2D eigenvalue weighted by Gasteiger charge is 2.70. The fraction of sp³-hybridized carbons (Fsp3) is 1.00. The van der Waals surface area contributed by atoms with E-state index in [1.165, 1.54) is 26.1 Å². The second-order valence-corrected chi connectivity index (χ2v) is 10.3. The highest BCUT2D eigenvalue weighted by atomic mass is 15.3. The van der Waals surface area contributed by atoms with E-state index >= 15 is 0 Å². The lowest BCUT2D eigenvalue weighted by Gasteiger charge is -2.48. The lowest BCUT2D eigenvalue weighted by atomic mass is 9.73. The summed E-state index contributed by atoms with van der Waals surface area (Å²) in [5.74, 6) is 0.815. The zero-order chi connectivity index (χ0) is 16.3. The summed E-state index contributed by atoms with van der Waals surface area (Å²) in [6.45, 7) is 23.2. The molecular formula is C19H37N3. The Morgan fingerprint density at radius 2 is 1.64 bits per heavy atom. The number of piperidine rings is 1. The number of likely N-dealkylation sites (tertiary alicyclic amines) is 1. The molecule has 0 aromatic carbocycles. The molecule has 0 amide bonds. The molecule has 0 aromatic heterocycles. The molecule has 3 nitrogen and oxygen atoms in total. The van der Waals surface area contributed by atoms with Crippen molar-refractivity contribution in [2.24, 2.45) is 16.7 Å². The van der Waals surface area contributed by atoms with Gasteiger partial charge in [0.25, 0.3) is 0 Å². The van der Waals surface area contributed by atoms with Crippen molar-refractivity contribution in [2.45, 2.75) is 72.5 Å². The van der Waals surface area contributed by atoms with Crippen LogP contribution in [0.15, 0.2) is 0 Å². The van der Waals surface area contributed by atoms with Gasteiger partial charge in [0, 0.05) is 50.3 Å². The molecule has 3 rings (SSSR count). The quantitative estimate of drug-likeness (QED) is 0.846. The van der Waals surface area contributed by atoms with Gasteiger partial charge in [-0.15, -0.1) is 0 Å². The minimum atomic E-state index is 0.276. The molecule has 3 heteroatoms. The normalized spacial score (nSPS) is 40.8. The van der Waals surface area contributed by atoms with Crippen molar-refractivity contribution < 1.29 is 0 Å². The minimum Gasteiger partial charge on any atom is -0.314 e. The summed E-state index contributed by atoms with van der Waals surface area (Å²) in [4.78, 5) is 5.60. The second-order valence-electron chi connectivity index (χ2n) is 10.3. The number of nitrogens with one attached hydrogen (secondary N) is 1. The molecule has 128 valence electrons. The Balaban J connectivity index is 1.86. The van der Waals surface area contributed by atoms with Crippen LogP contribution in [0.2, 0.25) is 0 Å². The fourth-order valence-corrected chi connectivity index (χ4v) is 5.31. The molecule has 2 heterocycles. The van der Waals surface area contributed by atoms with Crippen LogP contribution in [-0.4, -0.2) is 60.1 Å². The molecule has 0 radical (unpaired) electrons. The van der Waals surface area contributed by atoms with Crippen LogP contribution in [0, 0.1) is 16.7 Å². The molecule has 1 aliphatic carbocycles. The molecular weight excluding hydrogens is 270 g/mol. The molecule has 0 spiro atoms. The first-order chi connectivity index (χ1) is 10.0. The van der Waals surface area contributed by atoms with Gasteiger partial charge in [0.2, 0.25) is 0 Å². The topological polar surface area (TPSA) is 18.5 Å². The summed E-state index contributed by atoms with van der Waals surface area (Å²) in [6.07, 6.45) is 1.41. The number of fused-ring (bicyclic) bond motifs is 1. The molecule has 0 aromatic rings. The zero-order valence-electron chi connectivity index (χ0n) is 15.9. The molecule has 3 unspecified atom stereocenters.